The molecular weight excluding hydrogens is 236 g/mol. The van der Waals surface area contributed by atoms with Crippen molar-refractivity contribution in [1.82, 2.24) is 15.2 Å². The van der Waals surface area contributed by atoms with Crippen molar-refractivity contribution in [3.63, 3.8) is 0 Å². The van der Waals surface area contributed by atoms with E-state index in [2.05, 4.69) is 36.4 Å². The first-order valence-corrected chi connectivity index (χ1v) is 5.16. The number of hydrogen-bond donors (Lipinski definition) is 2. The van der Waals surface area contributed by atoms with Gasteiger partial charge >= 0.3 is 0 Å². The van der Waals surface area contributed by atoms with Gasteiger partial charge in [0.05, 0.1) is 0 Å². The molecule has 0 saturated heterocycles. The molecule has 6 heteroatoms. The van der Waals surface area contributed by atoms with Gasteiger partial charge in [0.2, 0.25) is 11.9 Å². The maximum absolute atomic E-state index is 11.2. The highest BCUT2D eigenvalue weighted by Gasteiger charge is 2.02. The van der Waals surface area contributed by atoms with Gasteiger partial charge in [-0.2, -0.15) is 10.1 Å². The molecule has 0 saturated carbocycles. The number of amides is 1. The molecule has 0 aliphatic heterocycles. The average molecular weight is 247 g/mol. The standard InChI is InChI=1S/C7H11BrN4O/c8-4-2-1-3-6(13)11-7-9-5-10-12-7/h5H,1-4H2,(H2,9,10,11,12,13). The van der Waals surface area contributed by atoms with Crippen LogP contribution >= 0.6 is 15.9 Å². The minimum atomic E-state index is -0.0299. The molecule has 1 aromatic heterocycles. The summed E-state index contributed by atoms with van der Waals surface area (Å²) in [4.78, 5) is 14.9. The van der Waals surface area contributed by atoms with Crippen LogP contribution in [0, 0.1) is 0 Å². The van der Waals surface area contributed by atoms with E-state index >= 15 is 0 Å². The van der Waals surface area contributed by atoms with Crippen LogP contribution in [-0.4, -0.2) is 26.4 Å². The van der Waals surface area contributed by atoms with Crippen LogP contribution in [0.4, 0.5) is 5.95 Å². The van der Waals surface area contributed by atoms with Crippen molar-refractivity contribution < 1.29 is 4.79 Å². The third-order valence-electron chi connectivity index (χ3n) is 1.46. The largest absolute Gasteiger partial charge is 0.295 e. The number of carbonyl (C=O) groups is 1. The van der Waals surface area contributed by atoms with Gasteiger partial charge in [-0.1, -0.05) is 15.9 Å². The van der Waals surface area contributed by atoms with Crippen molar-refractivity contribution in [2.24, 2.45) is 0 Å². The predicted octanol–water partition coefficient (Wildman–Crippen LogP) is 1.31. The molecule has 13 heavy (non-hydrogen) atoms. The van der Waals surface area contributed by atoms with Crippen molar-refractivity contribution in [3.8, 4) is 0 Å². The molecule has 0 aliphatic rings. The number of aromatic nitrogens is 3. The molecule has 1 aromatic rings. The van der Waals surface area contributed by atoms with Gasteiger partial charge in [-0.3, -0.25) is 10.1 Å². The lowest BCUT2D eigenvalue weighted by atomic mass is 10.2. The van der Waals surface area contributed by atoms with Crippen molar-refractivity contribution in [2.45, 2.75) is 19.3 Å². The van der Waals surface area contributed by atoms with E-state index in [1.54, 1.807) is 0 Å². The van der Waals surface area contributed by atoms with Crippen molar-refractivity contribution >= 4 is 27.8 Å². The Labute approximate surface area is 84.5 Å². The number of nitrogens with one attached hydrogen (secondary N) is 2. The summed E-state index contributed by atoms with van der Waals surface area (Å²) in [6.45, 7) is 0. The van der Waals surface area contributed by atoms with Gasteiger partial charge in [0.15, 0.2) is 0 Å². The molecule has 1 rings (SSSR count). The number of nitrogens with zero attached hydrogens (tertiary/aromatic N) is 2. The Kier molecular flexibility index (Phi) is 4.45. The van der Waals surface area contributed by atoms with Crippen LogP contribution in [0.3, 0.4) is 0 Å². The summed E-state index contributed by atoms with van der Waals surface area (Å²) in [6.07, 6.45) is 3.76. The Balaban J connectivity index is 2.18. The van der Waals surface area contributed by atoms with Gasteiger partial charge in [-0.25, -0.2) is 5.10 Å². The Morgan fingerprint density at radius 3 is 3.08 bits per heavy atom. The summed E-state index contributed by atoms with van der Waals surface area (Å²) >= 11 is 3.30. The Bertz CT molecular complexity index is 249. The van der Waals surface area contributed by atoms with Crippen LogP contribution in [0.15, 0.2) is 6.33 Å². The number of unbranched alkanes of at least 4 members (excludes halogenated alkanes) is 1. The second-order valence-corrected chi connectivity index (χ2v) is 3.32. The lowest BCUT2D eigenvalue weighted by molar-refractivity contribution is -0.116. The zero-order chi connectivity index (χ0) is 9.52. The summed E-state index contributed by atoms with van der Waals surface area (Å²) in [5, 5.41) is 9.70. The van der Waals surface area contributed by atoms with Crippen LogP contribution in [0.2, 0.25) is 0 Å². The Morgan fingerprint density at radius 1 is 1.62 bits per heavy atom. The number of alkyl halides is 1. The number of carbonyl (C=O) groups excluding carboxylic acids is 1. The van der Waals surface area contributed by atoms with Gasteiger partial charge < -0.3 is 0 Å². The number of aromatic amines is 1. The van der Waals surface area contributed by atoms with E-state index in [1.165, 1.54) is 6.33 Å². The molecule has 5 nitrogen and oxygen atoms in total. The van der Waals surface area contributed by atoms with E-state index < -0.39 is 0 Å². The van der Waals surface area contributed by atoms with Crippen LogP contribution in [0.1, 0.15) is 19.3 Å². The van der Waals surface area contributed by atoms with E-state index in [9.17, 15) is 4.79 Å². The number of H-pyrrole nitrogens is 1. The maximum Gasteiger partial charge on any atom is 0.226 e. The van der Waals surface area contributed by atoms with E-state index in [-0.39, 0.29) is 5.91 Å². The van der Waals surface area contributed by atoms with Crippen LogP contribution in [0.5, 0.6) is 0 Å². The van der Waals surface area contributed by atoms with Gasteiger partial charge in [0, 0.05) is 11.8 Å². The molecule has 0 radical (unpaired) electrons. The Morgan fingerprint density at radius 2 is 2.46 bits per heavy atom. The van der Waals surface area contributed by atoms with Gasteiger partial charge in [0.1, 0.15) is 6.33 Å². The molecule has 1 heterocycles. The van der Waals surface area contributed by atoms with E-state index in [0.717, 1.165) is 18.2 Å². The highest BCUT2D eigenvalue weighted by Crippen LogP contribution is 2.01. The zero-order valence-corrected chi connectivity index (χ0v) is 8.67. The smallest absolute Gasteiger partial charge is 0.226 e. The molecule has 0 spiro atoms. The van der Waals surface area contributed by atoms with Crippen molar-refractivity contribution in [1.29, 1.82) is 0 Å². The molecule has 0 aliphatic carbocycles. The first-order valence-electron chi connectivity index (χ1n) is 4.04. The SMILES string of the molecule is O=C(CCCCBr)Nc1ncn[nH]1. The minimum absolute atomic E-state index is 0.0299. The molecule has 0 atom stereocenters. The topological polar surface area (TPSA) is 70.7 Å². The molecule has 0 aromatic carbocycles. The number of rotatable bonds is 5. The quantitative estimate of drug-likeness (QED) is 0.608. The van der Waals surface area contributed by atoms with E-state index in [4.69, 9.17) is 0 Å². The van der Waals surface area contributed by atoms with Crippen LogP contribution in [-0.2, 0) is 4.79 Å². The fourth-order valence-electron chi connectivity index (χ4n) is 0.840. The van der Waals surface area contributed by atoms with E-state index in [1.807, 2.05) is 0 Å². The van der Waals surface area contributed by atoms with E-state index in [0.29, 0.717) is 12.4 Å². The molecular formula is C7H11BrN4O. The third kappa shape index (κ3) is 4.02. The Hall–Kier alpha value is -0.910. The van der Waals surface area contributed by atoms with Crippen LogP contribution in [0.25, 0.3) is 0 Å². The summed E-state index contributed by atoms with van der Waals surface area (Å²) in [6, 6.07) is 0. The van der Waals surface area contributed by atoms with Crippen molar-refractivity contribution in [2.75, 3.05) is 10.6 Å². The fourth-order valence-corrected chi connectivity index (χ4v) is 1.24. The van der Waals surface area contributed by atoms with Gasteiger partial charge in [-0.05, 0) is 12.8 Å². The van der Waals surface area contributed by atoms with Crippen LogP contribution < -0.4 is 5.32 Å². The lowest BCUT2D eigenvalue weighted by Crippen LogP contribution is -2.12. The first-order chi connectivity index (χ1) is 6.33. The summed E-state index contributed by atoms with van der Waals surface area (Å²) in [5.74, 6) is 0.376. The number of hydrogen-bond acceptors (Lipinski definition) is 3. The number of halogens is 1. The first kappa shape index (κ1) is 10.2. The molecule has 0 bridgehead atoms. The average Bonchev–Trinajstić information content (AvgIpc) is 2.57. The molecule has 2 N–H and O–H groups in total. The monoisotopic (exact) mass is 246 g/mol. The summed E-state index contributed by atoms with van der Waals surface area (Å²) in [7, 11) is 0. The number of anilines is 1. The summed E-state index contributed by atoms with van der Waals surface area (Å²) < 4.78 is 0. The second kappa shape index (κ2) is 5.69. The maximum atomic E-state index is 11.2. The van der Waals surface area contributed by atoms with Gasteiger partial charge in [0.25, 0.3) is 0 Å². The molecule has 1 amide bonds. The summed E-state index contributed by atoms with van der Waals surface area (Å²) in [5.41, 5.74) is 0. The molecule has 0 fully saturated rings. The normalized spacial score (nSPS) is 9.92. The fraction of sp³-hybridized carbons (Fsp3) is 0.571. The third-order valence-corrected chi connectivity index (χ3v) is 2.02. The second-order valence-electron chi connectivity index (χ2n) is 2.53. The lowest BCUT2D eigenvalue weighted by Gasteiger charge is -1.99. The highest BCUT2D eigenvalue weighted by atomic mass is 79.9. The minimum Gasteiger partial charge on any atom is -0.295 e. The van der Waals surface area contributed by atoms with Gasteiger partial charge in [-0.15, -0.1) is 0 Å². The molecule has 72 valence electrons. The van der Waals surface area contributed by atoms with Crippen molar-refractivity contribution in [3.05, 3.63) is 6.33 Å². The zero-order valence-electron chi connectivity index (χ0n) is 7.09. The highest BCUT2D eigenvalue weighted by molar-refractivity contribution is 9.09. The molecule has 0 unspecified atom stereocenters. The predicted molar refractivity (Wildman–Crippen MR) is 52.7 cm³/mol.